The van der Waals surface area contributed by atoms with Crippen molar-refractivity contribution in [3.8, 4) is 0 Å². The fourth-order valence-corrected chi connectivity index (χ4v) is 7.31. The Morgan fingerprint density at radius 3 is 2.48 bits per heavy atom. The lowest BCUT2D eigenvalue weighted by molar-refractivity contribution is -0.217. The third-order valence-electron chi connectivity index (χ3n) is 9.56. The molecule has 4 aliphatic carbocycles. The van der Waals surface area contributed by atoms with Crippen LogP contribution in [-0.2, 0) is 0 Å². The molecule has 7 atom stereocenters. The summed E-state index contributed by atoms with van der Waals surface area (Å²) in [6, 6.07) is 0. The first-order valence-corrected chi connectivity index (χ1v) is 9.77. The maximum Gasteiger partial charge on any atom is 0.0774 e. The molecule has 4 aliphatic rings. The number of rotatable bonds is 0. The van der Waals surface area contributed by atoms with E-state index in [0.29, 0.717) is 11.3 Å². The first-order chi connectivity index (χ1) is 10.7. The van der Waals surface area contributed by atoms with Gasteiger partial charge in [-0.25, -0.2) is 0 Å². The molecule has 0 aromatic rings. The highest BCUT2D eigenvalue weighted by molar-refractivity contribution is 5.32. The topological polar surface area (TPSA) is 40.5 Å². The van der Waals surface area contributed by atoms with Crippen molar-refractivity contribution in [1.82, 2.24) is 0 Å². The van der Waals surface area contributed by atoms with Crippen molar-refractivity contribution in [2.24, 2.45) is 28.1 Å². The zero-order valence-electron chi connectivity index (χ0n) is 15.4. The lowest BCUT2D eigenvalue weighted by Crippen LogP contribution is -2.65. The summed E-state index contributed by atoms with van der Waals surface area (Å²) in [5.74, 6) is 1.14. The Labute approximate surface area is 141 Å². The molecule has 1 unspecified atom stereocenters. The Kier molecular flexibility index (Phi) is 3.25. The van der Waals surface area contributed by atoms with Crippen molar-refractivity contribution in [3.05, 3.63) is 11.6 Å². The first-order valence-electron chi connectivity index (χ1n) is 9.77. The molecular weight excluding hydrogens is 284 g/mol. The zero-order valence-corrected chi connectivity index (χ0v) is 15.4. The van der Waals surface area contributed by atoms with E-state index in [2.05, 4.69) is 33.8 Å². The standard InChI is InChI=1S/C21H34O2/c1-14-7-9-20(4)17-6-5-15-13-16(22)8-10-19(15,3)21(17,23)12-11-18(14,20)2/h5,14,16-17,22-23H,6-13H2,1-4H3/t14-,16-,17?,18+,19-,20-,21+/m0/s1. The maximum absolute atomic E-state index is 12.0. The second-order valence-electron chi connectivity index (χ2n) is 9.95. The molecule has 0 amide bonds. The molecule has 0 saturated heterocycles. The molecule has 4 rings (SSSR count). The van der Waals surface area contributed by atoms with Crippen LogP contribution in [0.1, 0.15) is 79.1 Å². The number of fused-ring (bicyclic) bond motifs is 5. The summed E-state index contributed by atoms with van der Waals surface area (Å²) in [6.45, 7) is 9.70. The summed E-state index contributed by atoms with van der Waals surface area (Å²) in [4.78, 5) is 0. The van der Waals surface area contributed by atoms with Crippen LogP contribution in [0.3, 0.4) is 0 Å². The van der Waals surface area contributed by atoms with E-state index in [1.807, 2.05) is 0 Å². The Bertz CT molecular complexity index is 554. The predicted octanol–water partition coefficient (Wildman–Crippen LogP) is 4.45. The van der Waals surface area contributed by atoms with Crippen LogP contribution in [0.15, 0.2) is 11.6 Å². The summed E-state index contributed by atoms with van der Waals surface area (Å²) < 4.78 is 0. The third-order valence-corrected chi connectivity index (χ3v) is 9.56. The summed E-state index contributed by atoms with van der Waals surface area (Å²) in [7, 11) is 0. The highest BCUT2D eigenvalue weighted by Crippen LogP contribution is 2.72. The molecule has 3 fully saturated rings. The van der Waals surface area contributed by atoms with E-state index < -0.39 is 5.60 Å². The molecule has 0 aromatic carbocycles. The first kappa shape index (κ1) is 16.1. The van der Waals surface area contributed by atoms with Gasteiger partial charge in [0.05, 0.1) is 11.7 Å². The van der Waals surface area contributed by atoms with Crippen LogP contribution in [0, 0.1) is 28.1 Å². The van der Waals surface area contributed by atoms with Gasteiger partial charge in [0.15, 0.2) is 0 Å². The van der Waals surface area contributed by atoms with Gasteiger partial charge in [-0.05, 0) is 74.0 Å². The van der Waals surface area contributed by atoms with Gasteiger partial charge in [0.25, 0.3) is 0 Å². The summed E-state index contributed by atoms with van der Waals surface area (Å²) in [6.07, 6.45) is 10.4. The van der Waals surface area contributed by atoms with Crippen molar-refractivity contribution in [1.29, 1.82) is 0 Å². The molecule has 0 aliphatic heterocycles. The van der Waals surface area contributed by atoms with Crippen LogP contribution in [0.25, 0.3) is 0 Å². The van der Waals surface area contributed by atoms with Gasteiger partial charge in [0.2, 0.25) is 0 Å². The molecule has 0 heterocycles. The fraction of sp³-hybridized carbons (Fsp3) is 0.905. The van der Waals surface area contributed by atoms with Gasteiger partial charge in [0.1, 0.15) is 0 Å². The lowest BCUT2D eigenvalue weighted by Gasteiger charge is -2.66. The van der Waals surface area contributed by atoms with Crippen LogP contribution < -0.4 is 0 Å². The van der Waals surface area contributed by atoms with Gasteiger partial charge in [-0.15, -0.1) is 0 Å². The lowest BCUT2D eigenvalue weighted by atomic mass is 9.40. The Hall–Kier alpha value is -0.340. The number of aliphatic hydroxyl groups is 2. The van der Waals surface area contributed by atoms with E-state index in [9.17, 15) is 10.2 Å². The average Bonchev–Trinajstić information content (AvgIpc) is 2.74. The number of allylic oxidation sites excluding steroid dienone is 1. The van der Waals surface area contributed by atoms with Crippen molar-refractivity contribution in [2.45, 2.75) is 90.8 Å². The van der Waals surface area contributed by atoms with E-state index in [4.69, 9.17) is 0 Å². The van der Waals surface area contributed by atoms with Gasteiger partial charge in [0, 0.05) is 5.41 Å². The number of aliphatic hydroxyl groups excluding tert-OH is 1. The van der Waals surface area contributed by atoms with Gasteiger partial charge < -0.3 is 10.2 Å². The van der Waals surface area contributed by atoms with Crippen LogP contribution in [0.5, 0.6) is 0 Å². The second kappa shape index (κ2) is 4.64. The summed E-state index contributed by atoms with van der Waals surface area (Å²) in [5.41, 5.74) is 1.27. The highest BCUT2D eigenvalue weighted by atomic mass is 16.3. The quantitative estimate of drug-likeness (QED) is 0.648. The van der Waals surface area contributed by atoms with Crippen LogP contribution in [0.4, 0.5) is 0 Å². The van der Waals surface area contributed by atoms with E-state index in [-0.39, 0.29) is 16.9 Å². The largest absolute Gasteiger partial charge is 0.393 e. The minimum absolute atomic E-state index is 0.120. The van der Waals surface area contributed by atoms with E-state index in [0.717, 1.165) is 44.4 Å². The summed E-state index contributed by atoms with van der Waals surface area (Å²) >= 11 is 0. The highest BCUT2D eigenvalue weighted by Gasteiger charge is 2.69. The van der Waals surface area contributed by atoms with Crippen LogP contribution in [-0.4, -0.2) is 21.9 Å². The smallest absolute Gasteiger partial charge is 0.0774 e. The molecule has 3 saturated carbocycles. The second-order valence-corrected chi connectivity index (χ2v) is 9.95. The monoisotopic (exact) mass is 318 g/mol. The molecule has 2 heteroatoms. The molecule has 2 N–H and O–H groups in total. The molecule has 130 valence electrons. The van der Waals surface area contributed by atoms with Gasteiger partial charge in [-0.3, -0.25) is 0 Å². The molecular formula is C21H34O2. The van der Waals surface area contributed by atoms with E-state index in [1.54, 1.807) is 0 Å². The maximum atomic E-state index is 12.0. The van der Waals surface area contributed by atoms with Crippen LogP contribution in [0.2, 0.25) is 0 Å². The molecule has 0 radical (unpaired) electrons. The number of hydrogen-bond acceptors (Lipinski definition) is 2. The number of hydrogen-bond donors (Lipinski definition) is 2. The van der Waals surface area contributed by atoms with Crippen molar-refractivity contribution in [3.63, 3.8) is 0 Å². The van der Waals surface area contributed by atoms with E-state index in [1.165, 1.54) is 18.4 Å². The Morgan fingerprint density at radius 1 is 1.00 bits per heavy atom. The van der Waals surface area contributed by atoms with Crippen molar-refractivity contribution < 1.29 is 10.2 Å². The van der Waals surface area contributed by atoms with Gasteiger partial charge in [-0.1, -0.05) is 39.3 Å². The fourth-order valence-electron chi connectivity index (χ4n) is 7.31. The Morgan fingerprint density at radius 2 is 1.74 bits per heavy atom. The minimum Gasteiger partial charge on any atom is -0.393 e. The Balaban J connectivity index is 1.80. The molecule has 0 bridgehead atoms. The van der Waals surface area contributed by atoms with Crippen molar-refractivity contribution >= 4 is 0 Å². The zero-order chi connectivity index (χ0) is 16.7. The molecule has 0 spiro atoms. The average molecular weight is 319 g/mol. The molecule has 0 aromatic heterocycles. The van der Waals surface area contributed by atoms with E-state index >= 15 is 0 Å². The van der Waals surface area contributed by atoms with Crippen LogP contribution >= 0.6 is 0 Å². The van der Waals surface area contributed by atoms with Gasteiger partial charge >= 0.3 is 0 Å². The minimum atomic E-state index is -0.574. The molecule has 2 nitrogen and oxygen atoms in total. The molecule has 23 heavy (non-hydrogen) atoms. The SMILES string of the molecule is C[C@H]1CC[C@@]2(C)C3CC=C4C[C@@H](O)CC[C@]4(C)[C@@]3(O)CC[C@]12C. The van der Waals surface area contributed by atoms with Crippen molar-refractivity contribution in [2.75, 3.05) is 0 Å². The predicted molar refractivity (Wildman–Crippen MR) is 93.0 cm³/mol. The van der Waals surface area contributed by atoms with Gasteiger partial charge in [-0.2, -0.15) is 0 Å². The third kappa shape index (κ3) is 1.73. The summed E-state index contributed by atoms with van der Waals surface area (Å²) in [5, 5.41) is 22.1. The normalized spacial score (nSPS) is 58.9.